The molecule has 0 N–H and O–H groups in total. The van der Waals surface area contributed by atoms with Crippen molar-refractivity contribution in [1.29, 1.82) is 0 Å². The summed E-state index contributed by atoms with van der Waals surface area (Å²) in [7, 11) is 1.76. The molecule has 1 aromatic heterocycles. The molecule has 0 radical (unpaired) electrons. The average molecular weight is 317 g/mol. The SMILES string of the molecule is Cn1c(C(=O)N2CCO[C@H]3CCCC[C@H]32)cc(Cl)c1Cl. The number of carbonyl (C=O) groups excluding carboxylic acids is 1. The zero-order chi connectivity index (χ0) is 14.3. The Hall–Kier alpha value is -0.710. The zero-order valence-electron chi connectivity index (χ0n) is 11.4. The molecular weight excluding hydrogens is 299 g/mol. The Morgan fingerprint density at radius 2 is 2.10 bits per heavy atom. The molecule has 0 spiro atoms. The van der Waals surface area contributed by atoms with Crippen LogP contribution in [0.3, 0.4) is 0 Å². The van der Waals surface area contributed by atoms with E-state index < -0.39 is 0 Å². The van der Waals surface area contributed by atoms with Crippen molar-refractivity contribution >= 4 is 29.1 Å². The Morgan fingerprint density at radius 1 is 1.35 bits per heavy atom. The highest BCUT2D eigenvalue weighted by molar-refractivity contribution is 6.41. The molecule has 2 fully saturated rings. The number of aromatic nitrogens is 1. The maximum atomic E-state index is 12.8. The van der Waals surface area contributed by atoms with Crippen molar-refractivity contribution in [3.8, 4) is 0 Å². The molecule has 1 aliphatic heterocycles. The molecule has 1 aromatic rings. The van der Waals surface area contributed by atoms with Crippen LogP contribution in [0.25, 0.3) is 0 Å². The van der Waals surface area contributed by atoms with Crippen LogP contribution in [-0.4, -0.2) is 40.7 Å². The molecule has 0 bridgehead atoms. The maximum Gasteiger partial charge on any atom is 0.270 e. The summed E-state index contributed by atoms with van der Waals surface area (Å²) in [5, 5.41) is 0.828. The van der Waals surface area contributed by atoms with E-state index in [0.717, 1.165) is 19.3 Å². The van der Waals surface area contributed by atoms with Crippen molar-refractivity contribution in [3.05, 3.63) is 21.9 Å². The molecule has 1 amide bonds. The number of morpholine rings is 1. The van der Waals surface area contributed by atoms with Crippen LogP contribution in [0, 0.1) is 0 Å². The number of carbonyl (C=O) groups is 1. The molecule has 0 unspecified atom stereocenters. The van der Waals surface area contributed by atoms with Gasteiger partial charge in [-0.05, 0) is 18.9 Å². The molecule has 0 aromatic carbocycles. The molecule has 2 heterocycles. The number of fused-ring (bicyclic) bond motifs is 1. The Kier molecular flexibility index (Phi) is 3.98. The van der Waals surface area contributed by atoms with E-state index in [1.54, 1.807) is 17.7 Å². The van der Waals surface area contributed by atoms with E-state index in [1.807, 2.05) is 4.90 Å². The second-order valence-corrected chi connectivity index (χ2v) is 6.25. The lowest BCUT2D eigenvalue weighted by Gasteiger charge is -2.43. The van der Waals surface area contributed by atoms with Gasteiger partial charge in [0.05, 0.1) is 23.8 Å². The van der Waals surface area contributed by atoms with Crippen LogP contribution in [-0.2, 0) is 11.8 Å². The van der Waals surface area contributed by atoms with Crippen LogP contribution in [0.1, 0.15) is 36.2 Å². The Bertz CT molecular complexity index is 527. The first kappa shape index (κ1) is 14.2. The molecule has 2 atom stereocenters. The number of nitrogens with zero attached hydrogens (tertiary/aromatic N) is 2. The third-order valence-corrected chi connectivity index (χ3v) is 5.17. The van der Waals surface area contributed by atoms with Gasteiger partial charge in [0, 0.05) is 13.6 Å². The van der Waals surface area contributed by atoms with E-state index >= 15 is 0 Å². The van der Waals surface area contributed by atoms with Crippen molar-refractivity contribution in [2.75, 3.05) is 13.2 Å². The number of halogens is 2. The summed E-state index contributed by atoms with van der Waals surface area (Å²) in [6, 6.07) is 1.84. The van der Waals surface area contributed by atoms with Gasteiger partial charge >= 0.3 is 0 Å². The summed E-state index contributed by atoms with van der Waals surface area (Å²) in [5.41, 5.74) is 0.547. The monoisotopic (exact) mass is 316 g/mol. The molecule has 110 valence electrons. The van der Waals surface area contributed by atoms with Crippen LogP contribution in [0.15, 0.2) is 6.07 Å². The van der Waals surface area contributed by atoms with Crippen LogP contribution in [0.2, 0.25) is 10.2 Å². The first-order chi connectivity index (χ1) is 9.59. The van der Waals surface area contributed by atoms with E-state index in [4.69, 9.17) is 27.9 Å². The number of ether oxygens (including phenoxy) is 1. The van der Waals surface area contributed by atoms with E-state index in [1.165, 1.54) is 6.42 Å². The molecule has 3 rings (SSSR count). The van der Waals surface area contributed by atoms with Gasteiger partial charge in [-0.3, -0.25) is 4.79 Å². The summed E-state index contributed by atoms with van der Waals surface area (Å²) in [5.74, 6) is 0.00139. The Balaban J connectivity index is 1.87. The second kappa shape index (κ2) is 5.58. The zero-order valence-corrected chi connectivity index (χ0v) is 13.0. The number of hydrogen-bond acceptors (Lipinski definition) is 2. The Morgan fingerprint density at radius 3 is 2.80 bits per heavy atom. The standard InChI is InChI=1S/C14H18Cl2N2O2/c1-17-11(8-9(15)13(17)16)14(19)18-6-7-20-12-5-3-2-4-10(12)18/h8,10,12H,2-7H2,1H3/t10-,12+/m1/s1. The first-order valence-electron chi connectivity index (χ1n) is 7.03. The molecule has 6 heteroatoms. The average Bonchev–Trinajstić information content (AvgIpc) is 2.73. The van der Waals surface area contributed by atoms with E-state index in [0.29, 0.717) is 29.0 Å². The van der Waals surface area contributed by atoms with E-state index in [2.05, 4.69) is 0 Å². The summed E-state index contributed by atoms with van der Waals surface area (Å²) >= 11 is 12.1. The molecular formula is C14H18Cl2N2O2. The summed E-state index contributed by atoms with van der Waals surface area (Å²) in [6.45, 7) is 1.25. The number of rotatable bonds is 1. The highest BCUT2D eigenvalue weighted by Crippen LogP contribution is 2.31. The van der Waals surface area contributed by atoms with Gasteiger partial charge in [-0.1, -0.05) is 36.0 Å². The highest BCUT2D eigenvalue weighted by Gasteiger charge is 2.37. The molecule has 20 heavy (non-hydrogen) atoms. The molecule has 1 saturated heterocycles. The van der Waals surface area contributed by atoms with Crippen molar-refractivity contribution in [2.45, 2.75) is 37.8 Å². The molecule has 4 nitrogen and oxygen atoms in total. The minimum atomic E-state index is 0.00139. The lowest BCUT2D eigenvalue weighted by molar-refractivity contribution is -0.0755. The van der Waals surface area contributed by atoms with Gasteiger partial charge in [0.2, 0.25) is 0 Å². The summed E-state index contributed by atoms with van der Waals surface area (Å²) in [6.07, 6.45) is 4.59. The predicted octanol–water partition coefficient (Wildman–Crippen LogP) is 3.12. The van der Waals surface area contributed by atoms with Gasteiger partial charge < -0.3 is 14.2 Å². The fraction of sp³-hybridized carbons (Fsp3) is 0.643. The third kappa shape index (κ3) is 2.34. The summed E-state index contributed by atoms with van der Waals surface area (Å²) in [4.78, 5) is 14.7. The first-order valence-corrected chi connectivity index (χ1v) is 7.78. The van der Waals surface area contributed by atoms with Crippen LogP contribution in [0.5, 0.6) is 0 Å². The molecule has 1 saturated carbocycles. The van der Waals surface area contributed by atoms with Crippen LogP contribution >= 0.6 is 23.2 Å². The van der Waals surface area contributed by atoms with Gasteiger partial charge in [-0.25, -0.2) is 0 Å². The Labute approximate surface area is 128 Å². The smallest absolute Gasteiger partial charge is 0.270 e. The predicted molar refractivity (Wildman–Crippen MR) is 78.5 cm³/mol. The van der Waals surface area contributed by atoms with Gasteiger partial charge in [-0.2, -0.15) is 0 Å². The van der Waals surface area contributed by atoms with Crippen molar-refractivity contribution in [3.63, 3.8) is 0 Å². The summed E-state index contributed by atoms with van der Waals surface area (Å²) < 4.78 is 7.46. The fourth-order valence-corrected chi connectivity index (χ4v) is 3.62. The van der Waals surface area contributed by atoms with Crippen molar-refractivity contribution in [1.82, 2.24) is 9.47 Å². The van der Waals surface area contributed by atoms with Crippen molar-refractivity contribution in [2.24, 2.45) is 7.05 Å². The second-order valence-electron chi connectivity index (χ2n) is 5.49. The van der Waals surface area contributed by atoms with E-state index in [9.17, 15) is 4.79 Å². The lowest BCUT2D eigenvalue weighted by Crippen LogP contribution is -2.55. The minimum absolute atomic E-state index is 0.00139. The third-order valence-electron chi connectivity index (χ3n) is 4.33. The quantitative estimate of drug-likeness (QED) is 0.797. The van der Waals surface area contributed by atoms with Gasteiger partial charge in [0.1, 0.15) is 10.8 Å². The maximum absolute atomic E-state index is 12.8. The topological polar surface area (TPSA) is 34.5 Å². The number of amides is 1. The van der Waals surface area contributed by atoms with E-state index in [-0.39, 0.29) is 18.1 Å². The van der Waals surface area contributed by atoms with Gasteiger partial charge in [0.15, 0.2) is 0 Å². The van der Waals surface area contributed by atoms with Crippen molar-refractivity contribution < 1.29 is 9.53 Å². The minimum Gasteiger partial charge on any atom is -0.374 e. The fourth-order valence-electron chi connectivity index (χ4n) is 3.24. The van der Waals surface area contributed by atoms with Crippen LogP contribution in [0.4, 0.5) is 0 Å². The number of hydrogen-bond donors (Lipinski definition) is 0. The van der Waals surface area contributed by atoms with Gasteiger partial charge in [-0.15, -0.1) is 0 Å². The lowest BCUT2D eigenvalue weighted by atomic mass is 9.90. The normalized spacial score (nSPS) is 26.4. The molecule has 1 aliphatic carbocycles. The molecule has 2 aliphatic rings. The largest absolute Gasteiger partial charge is 0.374 e. The van der Waals surface area contributed by atoms with Gasteiger partial charge in [0.25, 0.3) is 5.91 Å². The van der Waals surface area contributed by atoms with Crippen LogP contribution < -0.4 is 0 Å². The highest BCUT2D eigenvalue weighted by atomic mass is 35.5.